The first kappa shape index (κ1) is 22.7. The number of nitrogens with one attached hydrogen (secondary N) is 1. The first-order valence-electron chi connectivity index (χ1n) is 11.8. The molecule has 1 fully saturated rings. The molecule has 1 aliphatic rings. The van der Waals surface area contributed by atoms with E-state index in [1.807, 2.05) is 37.3 Å². The summed E-state index contributed by atoms with van der Waals surface area (Å²) in [5.74, 6) is -0.957. The number of nitrogens with zero attached hydrogens (tertiary/aromatic N) is 2. The number of aromatic nitrogens is 1. The molecular formula is C28H27N3O4. The highest BCUT2D eigenvalue weighted by Gasteiger charge is 2.16. The molecule has 1 aliphatic heterocycles. The van der Waals surface area contributed by atoms with Gasteiger partial charge in [0, 0.05) is 35.2 Å². The number of carbonyl (C=O) groups is 2. The first-order chi connectivity index (χ1) is 17.0. The Hall–Kier alpha value is -4.13. The predicted molar refractivity (Wildman–Crippen MR) is 138 cm³/mol. The number of benzene rings is 3. The molecule has 0 spiro atoms. The molecule has 0 bridgehead atoms. The summed E-state index contributed by atoms with van der Waals surface area (Å²) >= 11 is 0. The summed E-state index contributed by atoms with van der Waals surface area (Å²) in [7, 11) is 0. The van der Waals surface area contributed by atoms with Crippen molar-refractivity contribution >= 4 is 45.1 Å². The van der Waals surface area contributed by atoms with Crippen LogP contribution in [0.4, 0.5) is 11.4 Å². The quantitative estimate of drug-likeness (QED) is 0.337. The summed E-state index contributed by atoms with van der Waals surface area (Å²) in [6.45, 7) is 3.65. The summed E-state index contributed by atoms with van der Waals surface area (Å²) in [5.41, 5.74) is 4.17. The molecule has 35 heavy (non-hydrogen) atoms. The van der Waals surface area contributed by atoms with Gasteiger partial charge in [0.15, 0.2) is 12.0 Å². The Bertz CT molecular complexity index is 1430. The van der Waals surface area contributed by atoms with Crippen LogP contribution in [0.25, 0.3) is 21.8 Å². The van der Waals surface area contributed by atoms with Crippen LogP contribution in [-0.2, 0) is 20.9 Å². The maximum absolute atomic E-state index is 12.8. The highest BCUT2D eigenvalue weighted by molar-refractivity contribution is 5.95. The van der Waals surface area contributed by atoms with Gasteiger partial charge in [-0.2, -0.15) is 0 Å². The summed E-state index contributed by atoms with van der Waals surface area (Å²) in [5, 5.41) is 3.87. The number of hydrogen-bond donors (Lipinski definition) is 1. The Morgan fingerprint density at radius 3 is 2.17 bits per heavy atom. The van der Waals surface area contributed by atoms with Gasteiger partial charge >= 0.3 is 5.97 Å². The van der Waals surface area contributed by atoms with Crippen LogP contribution in [0, 0.1) is 6.92 Å². The minimum absolute atomic E-state index is 0.0776. The molecule has 1 aromatic heterocycles. The fraction of sp³-hybridized carbons (Fsp3) is 0.250. The molecule has 178 valence electrons. The van der Waals surface area contributed by atoms with Gasteiger partial charge in [-0.3, -0.25) is 14.4 Å². The van der Waals surface area contributed by atoms with E-state index in [9.17, 15) is 14.4 Å². The zero-order valence-electron chi connectivity index (χ0n) is 19.6. The Balaban J connectivity index is 1.27. The number of anilines is 2. The summed E-state index contributed by atoms with van der Waals surface area (Å²) < 4.78 is 7.04. The summed E-state index contributed by atoms with van der Waals surface area (Å²) in [6, 6.07) is 20.2. The van der Waals surface area contributed by atoms with E-state index in [4.69, 9.17) is 4.74 Å². The van der Waals surface area contributed by atoms with E-state index < -0.39 is 11.9 Å². The van der Waals surface area contributed by atoms with E-state index in [1.165, 1.54) is 18.5 Å². The highest BCUT2D eigenvalue weighted by Crippen LogP contribution is 2.26. The van der Waals surface area contributed by atoms with Crippen molar-refractivity contribution in [3.63, 3.8) is 0 Å². The molecule has 1 N–H and O–H groups in total. The second kappa shape index (κ2) is 9.62. The second-order valence-electron chi connectivity index (χ2n) is 8.85. The van der Waals surface area contributed by atoms with Crippen LogP contribution in [0.15, 0.2) is 71.5 Å². The lowest BCUT2D eigenvalue weighted by Crippen LogP contribution is -2.24. The molecule has 5 rings (SSSR count). The van der Waals surface area contributed by atoms with Crippen molar-refractivity contribution in [2.24, 2.45) is 0 Å². The van der Waals surface area contributed by atoms with E-state index in [-0.39, 0.29) is 18.6 Å². The van der Waals surface area contributed by atoms with Crippen LogP contribution in [0.2, 0.25) is 0 Å². The van der Waals surface area contributed by atoms with Gasteiger partial charge < -0.3 is 19.5 Å². The van der Waals surface area contributed by atoms with E-state index in [1.54, 1.807) is 41.0 Å². The molecule has 2 heterocycles. The number of hydrogen-bond acceptors (Lipinski definition) is 5. The number of fused-ring (bicyclic) bond motifs is 2. The van der Waals surface area contributed by atoms with E-state index in [2.05, 4.69) is 10.2 Å². The van der Waals surface area contributed by atoms with Crippen molar-refractivity contribution in [1.29, 1.82) is 0 Å². The molecule has 0 atom stereocenters. The van der Waals surface area contributed by atoms with Crippen LogP contribution >= 0.6 is 0 Å². The topological polar surface area (TPSA) is 80.6 Å². The minimum atomic E-state index is -0.556. The number of amides is 1. The Labute approximate surface area is 202 Å². The van der Waals surface area contributed by atoms with Crippen molar-refractivity contribution in [2.75, 3.05) is 29.9 Å². The zero-order chi connectivity index (χ0) is 24.4. The van der Waals surface area contributed by atoms with Crippen molar-refractivity contribution in [3.05, 3.63) is 82.5 Å². The SMILES string of the molecule is Cc1cc(NC(=O)COC(=O)Cn2c3ccccc3c(=O)c3ccccc32)ccc1N1CCCC1. The third kappa shape index (κ3) is 4.62. The molecule has 0 aliphatic carbocycles. The molecule has 1 saturated heterocycles. The van der Waals surface area contributed by atoms with Crippen LogP contribution < -0.4 is 15.6 Å². The average Bonchev–Trinajstić information content (AvgIpc) is 3.40. The lowest BCUT2D eigenvalue weighted by atomic mass is 10.1. The van der Waals surface area contributed by atoms with Gasteiger partial charge in [0.2, 0.25) is 0 Å². The lowest BCUT2D eigenvalue weighted by molar-refractivity contribution is -0.147. The summed E-state index contributed by atoms with van der Waals surface area (Å²) in [4.78, 5) is 40.3. The van der Waals surface area contributed by atoms with Crippen molar-refractivity contribution < 1.29 is 14.3 Å². The minimum Gasteiger partial charge on any atom is -0.454 e. The fourth-order valence-electron chi connectivity index (χ4n) is 4.81. The maximum atomic E-state index is 12.8. The van der Waals surface area contributed by atoms with Crippen LogP contribution in [0.1, 0.15) is 18.4 Å². The Morgan fingerprint density at radius 1 is 0.914 bits per heavy atom. The molecule has 0 unspecified atom stereocenters. The summed E-state index contributed by atoms with van der Waals surface area (Å²) in [6.07, 6.45) is 2.41. The van der Waals surface area contributed by atoms with Crippen molar-refractivity contribution in [3.8, 4) is 0 Å². The Morgan fingerprint density at radius 2 is 1.54 bits per heavy atom. The molecule has 0 radical (unpaired) electrons. The molecular weight excluding hydrogens is 442 g/mol. The van der Waals surface area contributed by atoms with Crippen molar-refractivity contribution in [1.82, 2.24) is 4.57 Å². The van der Waals surface area contributed by atoms with Gasteiger partial charge in [-0.05, 0) is 67.8 Å². The third-order valence-electron chi connectivity index (χ3n) is 6.46. The van der Waals surface area contributed by atoms with Crippen LogP contribution in [-0.4, -0.2) is 36.1 Å². The monoisotopic (exact) mass is 469 g/mol. The Kier molecular flexibility index (Phi) is 6.23. The smallest absolute Gasteiger partial charge is 0.326 e. The third-order valence-corrected chi connectivity index (χ3v) is 6.46. The van der Waals surface area contributed by atoms with Crippen molar-refractivity contribution in [2.45, 2.75) is 26.3 Å². The number of ether oxygens (including phenoxy) is 1. The van der Waals surface area contributed by atoms with E-state index >= 15 is 0 Å². The maximum Gasteiger partial charge on any atom is 0.326 e. The number of esters is 1. The highest BCUT2D eigenvalue weighted by atomic mass is 16.5. The fourth-order valence-corrected chi connectivity index (χ4v) is 4.81. The molecule has 3 aromatic carbocycles. The number of aryl methyl sites for hydroxylation is 1. The lowest BCUT2D eigenvalue weighted by Gasteiger charge is -2.20. The number of carbonyl (C=O) groups excluding carboxylic acids is 2. The van der Waals surface area contributed by atoms with Gasteiger partial charge in [0.25, 0.3) is 5.91 Å². The molecule has 4 aromatic rings. The number of para-hydroxylation sites is 2. The number of pyridine rings is 1. The average molecular weight is 470 g/mol. The largest absolute Gasteiger partial charge is 0.454 e. The molecule has 0 saturated carbocycles. The molecule has 7 nitrogen and oxygen atoms in total. The van der Waals surface area contributed by atoms with Gasteiger partial charge in [-0.25, -0.2) is 0 Å². The van der Waals surface area contributed by atoms with Crippen LogP contribution in [0.5, 0.6) is 0 Å². The number of rotatable bonds is 6. The van der Waals surface area contributed by atoms with Crippen LogP contribution in [0.3, 0.4) is 0 Å². The zero-order valence-corrected chi connectivity index (χ0v) is 19.6. The van der Waals surface area contributed by atoms with Gasteiger partial charge in [-0.15, -0.1) is 0 Å². The van der Waals surface area contributed by atoms with Gasteiger partial charge in [0.1, 0.15) is 6.54 Å². The normalized spacial score (nSPS) is 13.3. The van der Waals surface area contributed by atoms with Gasteiger partial charge in [-0.1, -0.05) is 24.3 Å². The standard InChI is InChI=1S/C28H27N3O4/c1-19-16-20(12-13-23(19)30-14-6-7-15-30)29-26(32)18-35-27(33)17-31-24-10-4-2-8-21(24)28(34)22-9-3-5-11-25(22)31/h2-5,8-13,16H,6-7,14-15,17-18H2,1H3,(H,29,32). The van der Waals surface area contributed by atoms with E-state index in [0.29, 0.717) is 27.5 Å². The predicted octanol–water partition coefficient (Wildman–Crippen LogP) is 4.25. The second-order valence-corrected chi connectivity index (χ2v) is 8.85. The van der Waals surface area contributed by atoms with E-state index in [0.717, 1.165) is 18.7 Å². The van der Waals surface area contributed by atoms with Gasteiger partial charge in [0.05, 0.1) is 11.0 Å². The molecule has 1 amide bonds. The first-order valence-corrected chi connectivity index (χ1v) is 11.8. The molecule has 7 heteroatoms.